The predicted molar refractivity (Wildman–Crippen MR) is 82.6 cm³/mol. The minimum atomic E-state index is -0.791. The average Bonchev–Trinajstić information content (AvgIpc) is 2.49. The Labute approximate surface area is 126 Å². The molecule has 116 valence electrons. The molecule has 0 aliphatic heterocycles. The quantitative estimate of drug-likeness (QED) is 0.752. The number of phenolic OH excluding ortho intramolecular Hbond substituents is 1. The van der Waals surface area contributed by atoms with Crippen molar-refractivity contribution in [1.29, 1.82) is 0 Å². The molecular formula is C17H25NO3. The van der Waals surface area contributed by atoms with E-state index in [0.29, 0.717) is 6.04 Å². The smallest absolute Gasteiger partial charge is 0.321 e. The number of carboxylic acids is 1. The summed E-state index contributed by atoms with van der Waals surface area (Å²) in [5, 5.41) is 22.4. The molecule has 1 saturated carbocycles. The molecule has 2 rings (SSSR count). The van der Waals surface area contributed by atoms with E-state index in [2.05, 4.69) is 5.32 Å². The number of carbonyl (C=O) groups is 1. The van der Waals surface area contributed by atoms with Crippen molar-refractivity contribution in [1.82, 2.24) is 5.32 Å². The van der Waals surface area contributed by atoms with Gasteiger partial charge >= 0.3 is 5.97 Å². The van der Waals surface area contributed by atoms with E-state index in [9.17, 15) is 15.0 Å². The molecule has 21 heavy (non-hydrogen) atoms. The van der Waals surface area contributed by atoms with E-state index >= 15 is 0 Å². The van der Waals surface area contributed by atoms with Crippen LogP contribution >= 0.6 is 0 Å². The van der Waals surface area contributed by atoms with Crippen LogP contribution in [0.25, 0.3) is 0 Å². The van der Waals surface area contributed by atoms with Gasteiger partial charge in [-0.3, -0.25) is 4.79 Å². The van der Waals surface area contributed by atoms with Gasteiger partial charge in [0.25, 0.3) is 0 Å². The van der Waals surface area contributed by atoms with E-state index in [1.54, 1.807) is 12.1 Å². The first-order chi connectivity index (χ1) is 10.1. The summed E-state index contributed by atoms with van der Waals surface area (Å²) >= 11 is 0. The van der Waals surface area contributed by atoms with Crippen molar-refractivity contribution in [2.75, 3.05) is 0 Å². The largest absolute Gasteiger partial charge is 0.508 e. The number of phenols is 1. The molecule has 4 nitrogen and oxygen atoms in total. The first-order valence-corrected chi connectivity index (χ1v) is 7.89. The van der Waals surface area contributed by atoms with Crippen LogP contribution in [-0.2, 0) is 4.79 Å². The van der Waals surface area contributed by atoms with Gasteiger partial charge in [-0.1, -0.05) is 38.3 Å². The fraction of sp³-hybridized carbons (Fsp3) is 0.588. The topological polar surface area (TPSA) is 69.6 Å². The zero-order valence-corrected chi connectivity index (χ0v) is 12.6. The monoisotopic (exact) mass is 291 g/mol. The van der Waals surface area contributed by atoms with Crippen LogP contribution in [0, 0.1) is 0 Å². The minimum absolute atomic E-state index is 0.0787. The van der Waals surface area contributed by atoms with Gasteiger partial charge in [-0.25, -0.2) is 0 Å². The lowest BCUT2D eigenvalue weighted by Gasteiger charge is -2.31. The summed E-state index contributed by atoms with van der Waals surface area (Å²) in [4.78, 5) is 11.7. The fourth-order valence-corrected chi connectivity index (χ4v) is 3.27. The highest BCUT2D eigenvalue weighted by Gasteiger charge is 2.30. The molecule has 2 unspecified atom stereocenters. The molecule has 3 N–H and O–H groups in total. The van der Waals surface area contributed by atoms with Crippen LogP contribution in [0.2, 0.25) is 0 Å². The Morgan fingerprint density at radius 2 is 1.86 bits per heavy atom. The van der Waals surface area contributed by atoms with Crippen molar-refractivity contribution in [3.63, 3.8) is 0 Å². The third-order valence-corrected chi connectivity index (χ3v) is 4.45. The maximum Gasteiger partial charge on any atom is 0.321 e. The molecule has 0 spiro atoms. The average molecular weight is 291 g/mol. The summed E-state index contributed by atoms with van der Waals surface area (Å²) < 4.78 is 0. The maximum atomic E-state index is 11.7. The lowest BCUT2D eigenvalue weighted by atomic mass is 9.87. The summed E-state index contributed by atoms with van der Waals surface area (Å²) in [7, 11) is 0. The molecule has 0 bridgehead atoms. The molecule has 0 aromatic heterocycles. The molecule has 1 aromatic rings. The molecule has 1 aliphatic rings. The highest BCUT2D eigenvalue weighted by molar-refractivity contribution is 5.75. The standard InChI is InChI=1S/C17H25NO3/c1-2-15(12-8-10-14(19)11-9-12)16(17(20)21)18-13-6-4-3-5-7-13/h8-11,13,15-16,18-19H,2-7H2,1H3,(H,20,21). The summed E-state index contributed by atoms with van der Waals surface area (Å²) in [6, 6.07) is 6.63. The third-order valence-electron chi connectivity index (χ3n) is 4.45. The van der Waals surface area contributed by atoms with Crippen molar-refractivity contribution in [2.45, 2.75) is 63.5 Å². The number of carboxylic acid groups (broad SMARTS) is 1. The molecule has 0 heterocycles. The van der Waals surface area contributed by atoms with Crippen LogP contribution in [0.4, 0.5) is 0 Å². The Morgan fingerprint density at radius 3 is 2.38 bits per heavy atom. The van der Waals surface area contributed by atoms with Crippen LogP contribution in [0.3, 0.4) is 0 Å². The van der Waals surface area contributed by atoms with Gasteiger partial charge in [-0.2, -0.15) is 0 Å². The van der Waals surface area contributed by atoms with E-state index < -0.39 is 12.0 Å². The molecular weight excluding hydrogens is 266 g/mol. The minimum Gasteiger partial charge on any atom is -0.508 e. The first kappa shape index (κ1) is 15.8. The van der Waals surface area contributed by atoms with Crippen molar-refractivity contribution in [3.05, 3.63) is 29.8 Å². The van der Waals surface area contributed by atoms with Gasteiger partial charge in [0.1, 0.15) is 11.8 Å². The number of hydrogen-bond acceptors (Lipinski definition) is 3. The molecule has 1 aromatic carbocycles. The molecule has 1 fully saturated rings. The highest BCUT2D eigenvalue weighted by atomic mass is 16.4. The number of benzene rings is 1. The second kappa shape index (κ2) is 7.46. The second-order valence-electron chi connectivity index (χ2n) is 5.92. The van der Waals surface area contributed by atoms with Gasteiger partial charge in [0, 0.05) is 12.0 Å². The predicted octanol–water partition coefficient (Wildman–Crippen LogP) is 3.26. The zero-order chi connectivity index (χ0) is 15.2. The van der Waals surface area contributed by atoms with Crippen LogP contribution in [0.1, 0.15) is 56.9 Å². The van der Waals surface area contributed by atoms with Gasteiger partial charge in [0.05, 0.1) is 0 Å². The SMILES string of the molecule is CCC(c1ccc(O)cc1)C(NC1CCCCC1)C(=O)O. The van der Waals surface area contributed by atoms with Gasteiger partial charge in [0.15, 0.2) is 0 Å². The van der Waals surface area contributed by atoms with Crippen molar-refractivity contribution >= 4 is 5.97 Å². The number of nitrogens with one attached hydrogen (secondary N) is 1. The summed E-state index contributed by atoms with van der Waals surface area (Å²) in [6.07, 6.45) is 6.50. The number of hydrogen-bond donors (Lipinski definition) is 3. The lowest BCUT2D eigenvalue weighted by molar-refractivity contribution is -0.140. The Morgan fingerprint density at radius 1 is 1.24 bits per heavy atom. The Kier molecular flexibility index (Phi) is 5.62. The zero-order valence-electron chi connectivity index (χ0n) is 12.6. The second-order valence-corrected chi connectivity index (χ2v) is 5.92. The molecule has 0 saturated heterocycles. The van der Waals surface area contributed by atoms with Gasteiger partial charge in [-0.05, 0) is 37.0 Å². The lowest BCUT2D eigenvalue weighted by Crippen LogP contribution is -2.47. The highest BCUT2D eigenvalue weighted by Crippen LogP contribution is 2.27. The third kappa shape index (κ3) is 4.21. The van der Waals surface area contributed by atoms with E-state index in [4.69, 9.17) is 0 Å². The normalized spacial score (nSPS) is 19.1. The molecule has 0 amide bonds. The molecule has 0 radical (unpaired) electrons. The van der Waals surface area contributed by atoms with Crippen LogP contribution in [0.5, 0.6) is 5.75 Å². The maximum absolute atomic E-state index is 11.7. The van der Waals surface area contributed by atoms with Crippen LogP contribution < -0.4 is 5.32 Å². The Bertz CT molecular complexity index is 452. The Balaban J connectivity index is 2.13. The first-order valence-electron chi connectivity index (χ1n) is 7.89. The number of aromatic hydroxyl groups is 1. The van der Waals surface area contributed by atoms with Crippen molar-refractivity contribution in [2.24, 2.45) is 0 Å². The Hall–Kier alpha value is -1.55. The van der Waals surface area contributed by atoms with Gasteiger partial charge in [-0.15, -0.1) is 0 Å². The summed E-state index contributed by atoms with van der Waals surface area (Å²) in [5.41, 5.74) is 0.964. The molecule has 4 heteroatoms. The molecule has 1 aliphatic carbocycles. The number of aliphatic carboxylic acids is 1. The van der Waals surface area contributed by atoms with Crippen LogP contribution in [-0.4, -0.2) is 28.3 Å². The van der Waals surface area contributed by atoms with E-state index in [-0.39, 0.29) is 11.7 Å². The molecule has 2 atom stereocenters. The van der Waals surface area contributed by atoms with Crippen LogP contribution in [0.15, 0.2) is 24.3 Å². The van der Waals surface area contributed by atoms with Gasteiger partial charge in [0.2, 0.25) is 0 Å². The number of rotatable bonds is 6. The van der Waals surface area contributed by atoms with E-state index in [0.717, 1.165) is 24.8 Å². The van der Waals surface area contributed by atoms with E-state index in [1.165, 1.54) is 19.3 Å². The van der Waals surface area contributed by atoms with E-state index in [1.807, 2.05) is 19.1 Å². The van der Waals surface area contributed by atoms with Gasteiger partial charge < -0.3 is 15.5 Å². The van der Waals surface area contributed by atoms with Crippen molar-refractivity contribution < 1.29 is 15.0 Å². The summed E-state index contributed by atoms with van der Waals surface area (Å²) in [5.74, 6) is -0.661. The summed E-state index contributed by atoms with van der Waals surface area (Å²) in [6.45, 7) is 2.01. The fourth-order valence-electron chi connectivity index (χ4n) is 3.27. The van der Waals surface area contributed by atoms with Crippen molar-refractivity contribution in [3.8, 4) is 5.75 Å².